The van der Waals surface area contributed by atoms with Gasteiger partial charge in [-0.05, 0) is 18.6 Å². The monoisotopic (exact) mass is 283 g/mol. The molecule has 0 spiro atoms. The first-order chi connectivity index (χ1) is 9.45. The molecule has 0 aliphatic carbocycles. The molecule has 0 amide bonds. The molecule has 0 fully saturated rings. The molecule has 106 valence electrons. The number of benzene rings is 1. The van der Waals surface area contributed by atoms with Crippen molar-refractivity contribution in [3.05, 3.63) is 47.8 Å². The van der Waals surface area contributed by atoms with Crippen LogP contribution in [-0.4, -0.2) is 17.6 Å². The number of carbonyl (C=O) groups is 1. The Morgan fingerprint density at radius 1 is 1.20 bits per heavy atom. The van der Waals surface area contributed by atoms with Crippen molar-refractivity contribution in [2.45, 2.75) is 13.1 Å². The Morgan fingerprint density at radius 2 is 1.90 bits per heavy atom. The van der Waals surface area contributed by atoms with E-state index >= 15 is 0 Å². The minimum Gasteiger partial charge on any atom is -0.462 e. The third kappa shape index (κ3) is 2.68. The van der Waals surface area contributed by atoms with Crippen LogP contribution in [0.25, 0.3) is 11.1 Å². The minimum absolute atomic E-state index is 0.0516. The van der Waals surface area contributed by atoms with Crippen LogP contribution in [0.2, 0.25) is 0 Å². The van der Waals surface area contributed by atoms with Crippen molar-refractivity contribution >= 4 is 5.97 Å². The van der Waals surface area contributed by atoms with Gasteiger partial charge in [0.2, 0.25) is 0 Å². The Labute approximate surface area is 113 Å². The Morgan fingerprint density at radius 3 is 2.55 bits per heavy atom. The van der Waals surface area contributed by atoms with Crippen molar-refractivity contribution in [1.82, 2.24) is 4.98 Å². The summed E-state index contributed by atoms with van der Waals surface area (Å²) in [5.41, 5.74) is -0.575. The second kappa shape index (κ2) is 5.40. The molecule has 3 nitrogen and oxygen atoms in total. The predicted molar refractivity (Wildman–Crippen MR) is 67.2 cm³/mol. The topological polar surface area (TPSA) is 42.1 Å². The van der Waals surface area contributed by atoms with Gasteiger partial charge in [0, 0.05) is 18.0 Å². The van der Waals surface area contributed by atoms with E-state index in [1.807, 2.05) is 0 Å². The van der Waals surface area contributed by atoms with Crippen molar-refractivity contribution in [1.29, 1.82) is 0 Å². The fourth-order valence-corrected chi connectivity index (χ4v) is 1.93. The molecule has 1 aromatic carbocycles. The van der Waals surface area contributed by atoms with Gasteiger partial charge in [-0.25, -0.2) is 4.79 Å². The van der Waals surface area contributed by atoms with Gasteiger partial charge in [0.1, 0.15) is 0 Å². The highest BCUT2D eigenvalue weighted by Gasteiger charge is 2.34. The lowest BCUT2D eigenvalue weighted by molar-refractivity contribution is -0.137. The van der Waals surface area contributed by atoms with Crippen molar-refractivity contribution in [2.75, 3.05) is 6.61 Å². The predicted octanol–water partition coefficient (Wildman–Crippen LogP) is 3.88. The van der Waals surface area contributed by atoms with Crippen LogP contribution in [-0.2, 0) is 10.9 Å². The molecule has 0 aliphatic rings. The number of H-pyrrole nitrogens is 1. The van der Waals surface area contributed by atoms with Crippen LogP contribution >= 0.6 is 0 Å². The maximum Gasteiger partial charge on any atom is 0.417 e. The van der Waals surface area contributed by atoms with E-state index in [0.717, 1.165) is 6.07 Å². The number of halogens is 3. The van der Waals surface area contributed by atoms with Gasteiger partial charge < -0.3 is 9.72 Å². The number of aromatic amines is 1. The Hall–Kier alpha value is -2.24. The summed E-state index contributed by atoms with van der Waals surface area (Å²) in [5, 5.41) is 0. The molecule has 0 atom stereocenters. The normalized spacial score (nSPS) is 11.4. The van der Waals surface area contributed by atoms with Gasteiger partial charge in [-0.3, -0.25) is 0 Å². The number of esters is 1. The summed E-state index contributed by atoms with van der Waals surface area (Å²) in [7, 11) is 0. The SMILES string of the molecule is CCOC(=O)c1c[nH]cc1-c1ccccc1C(F)(F)F. The highest BCUT2D eigenvalue weighted by Crippen LogP contribution is 2.38. The molecular weight excluding hydrogens is 271 g/mol. The third-order valence-electron chi connectivity index (χ3n) is 2.76. The Bertz CT molecular complexity index is 617. The second-order valence-electron chi connectivity index (χ2n) is 4.05. The second-order valence-corrected chi connectivity index (χ2v) is 4.05. The van der Waals surface area contributed by atoms with E-state index < -0.39 is 17.7 Å². The van der Waals surface area contributed by atoms with Crippen LogP contribution in [0.15, 0.2) is 36.7 Å². The number of rotatable bonds is 3. The summed E-state index contributed by atoms with van der Waals surface area (Å²) >= 11 is 0. The lowest BCUT2D eigenvalue weighted by Crippen LogP contribution is -2.09. The summed E-state index contributed by atoms with van der Waals surface area (Å²) < 4.78 is 43.8. The minimum atomic E-state index is -4.49. The maximum atomic E-state index is 13.0. The van der Waals surface area contributed by atoms with Crippen LogP contribution < -0.4 is 0 Å². The van der Waals surface area contributed by atoms with Gasteiger partial charge in [-0.2, -0.15) is 13.2 Å². The van der Waals surface area contributed by atoms with E-state index in [-0.39, 0.29) is 23.3 Å². The molecule has 1 aromatic heterocycles. The largest absolute Gasteiger partial charge is 0.462 e. The number of aromatic nitrogens is 1. The van der Waals surface area contributed by atoms with Crippen LogP contribution in [0.4, 0.5) is 13.2 Å². The van der Waals surface area contributed by atoms with E-state index in [1.54, 1.807) is 6.92 Å². The number of ether oxygens (including phenoxy) is 1. The summed E-state index contributed by atoms with van der Waals surface area (Å²) in [6, 6.07) is 5.11. The zero-order chi connectivity index (χ0) is 14.8. The lowest BCUT2D eigenvalue weighted by Gasteiger charge is -2.12. The summed E-state index contributed by atoms with van der Waals surface area (Å²) in [6.07, 6.45) is -1.79. The molecule has 0 unspecified atom stereocenters. The molecule has 1 N–H and O–H groups in total. The van der Waals surface area contributed by atoms with Crippen LogP contribution in [0, 0.1) is 0 Å². The molecule has 0 radical (unpaired) electrons. The molecule has 0 bridgehead atoms. The van der Waals surface area contributed by atoms with Gasteiger partial charge >= 0.3 is 12.1 Å². The maximum absolute atomic E-state index is 13.0. The van der Waals surface area contributed by atoms with E-state index in [4.69, 9.17) is 4.74 Å². The number of alkyl halides is 3. The van der Waals surface area contributed by atoms with E-state index in [9.17, 15) is 18.0 Å². The van der Waals surface area contributed by atoms with Crippen molar-refractivity contribution in [3.8, 4) is 11.1 Å². The number of hydrogen-bond acceptors (Lipinski definition) is 2. The average molecular weight is 283 g/mol. The molecule has 6 heteroatoms. The zero-order valence-electron chi connectivity index (χ0n) is 10.6. The van der Waals surface area contributed by atoms with Gasteiger partial charge in [0.15, 0.2) is 0 Å². The van der Waals surface area contributed by atoms with E-state index in [0.29, 0.717) is 0 Å². The van der Waals surface area contributed by atoms with Crippen LogP contribution in [0.5, 0.6) is 0 Å². The summed E-state index contributed by atoms with van der Waals surface area (Å²) in [5.74, 6) is -0.652. The molecule has 20 heavy (non-hydrogen) atoms. The highest BCUT2D eigenvalue weighted by molar-refractivity contribution is 5.97. The van der Waals surface area contributed by atoms with Crippen LogP contribution in [0.3, 0.4) is 0 Å². The Kier molecular flexibility index (Phi) is 3.83. The van der Waals surface area contributed by atoms with Crippen molar-refractivity contribution < 1.29 is 22.7 Å². The van der Waals surface area contributed by atoms with Crippen molar-refractivity contribution in [2.24, 2.45) is 0 Å². The van der Waals surface area contributed by atoms with Gasteiger partial charge in [-0.15, -0.1) is 0 Å². The zero-order valence-corrected chi connectivity index (χ0v) is 10.6. The third-order valence-corrected chi connectivity index (χ3v) is 2.76. The Balaban J connectivity index is 2.54. The first-order valence-corrected chi connectivity index (χ1v) is 5.95. The van der Waals surface area contributed by atoms with Crippen LogP contribution in [0.1, 0.15) is 22.8 Å². The first-order valence-electron chi connectivity index (χ1n) is 5.95. The molecule has 0 aliphatic heterocycles. The molecule has 2 aromatic rings. The average Bonchev–Trinajstić information content (AvgIpc) is 2.87. The quantitative estimate of drug-likeness (QED) is 0.869. The molecule has 2 rings (SSSR count). The fourth-order valence-electron chi connectivity index (χ4n) is 1.93. The summed E-state index contributed by atoms with van der Waals surface area (Å²) in [4.78, 5) is 14.4. The lowest BCUT2D eigenvalue weighted by atomic mass is 9.98. The van der Waals surface area contributed by atoms with E-state index in [1.165, 1.54) is 30.6 Å². The van der Waals surface area contributed by atoms with Gasteiger partial charge in [0.25, 0.3) is 0 Å². The molecule has 0 saturated carbocycles. The van der Waals surface area contributed by atoms with Gasteiger partial charge in [-0.1, -0.05) is 18.2 Å². The molecular formula is C14H12F3NO2. The van der Waals surface area contributed by atoms with Gasteiger partial charge in [0.05, 0.1) is 17.7 Å². The molecule has 1 heterocycles. The van der Waals surface area contributed by atoms with Crippen molar-refractivity contribution in [3.63, 3.8) is 0 Å². The number of hydrogen-bond donors (Lipinski definition) is 1. The molecule has 0 saturated heterocycles. The van der Waals surface area contributed by atoms with E-state index in [2.05, 4.69) is 4.98 Å². The standard InChI is InChI=1S/C14H12F3NO2/c1-2-20-13(19)11-8-18-7-10(11)9-5-3-4-6-12(9)14(15,16)17/h3-8,18H,2H2,1H3. The smallest absolute Gasteiger partial charge is 0.417 e. The first kappa shape index (κ1) is 14.2. The number of nitrogens with one attached hydrogen (secondary N) is 1. The highest BCUT2D eigenvalue weighted by atomic mass is 19.4. The number of carbonyl (C=O) groups excluding carboxylic acids is 1. The summed E-state index contributed by atoms with van der Waals surface area (Å²) in [6.45, 7) is 1.79. The fraction of sp³-hybridized carbons (Fsp3) is 0.214.